The third-order valence-electron chi connectivity index (χ3n) is 2.80. The Balaban J connectivity index is 2.70. The van der Waals surface area contributed by atoms with Crippen molar-refractivity contribution in [2.45, 2.75) is 44.4 Å². The molecule has 16 heavy (non-hydrogen) atoms. The molecule has 2 unspecified atom stereocenters. The van der Waals surface area contributed by atoms with Crippen LogP contribution in [0.25, 0.3) is 0 Å². The van der Waals surface area contributed by atoms with E-state index in [9.17, 15) is 0 Å². The van der Waals surface area contributed by atoms with Crippen molar-refractivity contribution in [1.29, 1.82) is 0 Å². The first-order chi connectivity index (χ1) is 7.60. The fourth-order valence-corrected chi connectivity index (χ4v) is 4.62. The van der Waals surface area contributed by atoms with Crippen LogP contribution >= 0.6 is 54.8 Å². The van der Waals surface area contributed by atoms with Gasteiger partial charge in [0.25, 0.3) is 0 Å². The Morgan fingerprint density at radius 3 is 2.56 bits per heavy atom. The molecule has 0 N–H and O–H groups in total. The van der Waals surface area contributed by atoms with Gasteiger partial charge in [-0.2, -0.15) is 0 Å². The molecule has 1 rings (SSSR count). The van der Waals surface area contributed by atoms with Gasteiger partial charge in [-0.25, -0.2) is 0 Å². The van der Waals surface area contributed by atoms with Crippen LogP contribution in [-0.4, -0.2) is 0 Å². The second-order valence-electron chi connectivity index (χ2n) is 3.98. The van der Waals surface area contributed by atoms with E-state index < -0.39 is 0 Å². The van der Waals surface area contributed by atoms with E-state index in [1.165, 1.54) is 30.6 Å². The zero-order valence-corrected chi connectivity index (χ0v) is 14.3. The number of hydrogen-bond donors (Lipinski definition) is 0. The minimum absolute atomic E-state index is 0.442. The third-order valence-corrected chi connectivity index (χ3v) is 6.90. The van der Waals surface area contributed by atoms with E-state index >= 15 is 0 Å². The Hall–Kier alpha value is 0.950. The van der Waals surface area contributed by atoms with E-state index in [0.717, 1.165) is 8.81 Å². The molecule has 0 fully saturated rings. The molecule has 92 valence electrons. The predicted octanol–water partition coefficient (Wildman–Crippen LogP) is 6.82. The molecule has 0 radical (unpaired) electrons. The van der Waals surface area contributed by atoms with Crippen LogP contribution in [-0.2, 0) is 0 Å². The molecule has 1 heterocycles. The number of thiophene rings is 1. The highest BCUT2D eigenvalue weighted by Crippen LogP contribution is 2.43. The van der Waals surface area contributed by atoms with E-state index in [2.05, 4.69) is 51.8 Å². The van der Waals surface area contributed by atoms with Crippen molar-refractivity contribution in [3.8, 4) is 0 Å². The lowest BCUT2D eigenvalue weighted by atomic mass is 9.95. The van der Waals surface area contributed by atoms with Crippen molar-refractivity contribution >= 4 is 54.8 Å². The van der Waals surface area contributed by atoms with E-state index in [1.54, 1.807) is 11.3 Å². The number of unbranched alkanes of at least 4 members (excludes halogenated alkanes) is 1. The fourth-order valence-electron chi connectivity index (χ4n) is 1.76. The summed E-state index contributed by atoms with van der Waals surface area (Å²) < 4.78 is 1.04. The lowest BCUT2D eigenvalue weighted by molar-refractivity contribution is 0.449. The summed E-state index contributed by atoms with van der Waals surface area (Å²) in [4.78, 5) is 1.78. The molecule has 0 aromatic carbocycles. The second-order valence-corrected chi connectivity index (χ2v) is 7.78. The molecule has 0 aliphatic rings. The molecule has 0 amide bonds. The molecule has 0 saturated heterocycles. The van der Waals surface area contributed by atoms with E-state index in [-0.39, 0.29) is 0 Å². The van der Waals surface area contributed by atoms with E-state index in [4.69, 9.17) is 11.6 Å². The molecule has 4 heteroatoms. The standard InChI is InChI=1S/C12H17Br2ClS/c1-3-5-6-8(4-2)11(13)10-7-9(15)12(14)16-10/h7-8,11H,3-6H2,1-2H3. The van der Waals surface area contributed by atoms with Gasteiger partial charge >= 0.3 is 0 Å². The van der Waals surface area contributed by atoms with E-state index in [0.29, 0.717) is 10.7 Å². The fraction of sp³-hybridized carbons (Fsp3) is 0.667. The molecule has 2 atom stereocenters. The first-order valence-corrected chi connectivity index (χ1v) is 8.59. The summed E-state index contributed by atoms with van der Waals surface area (Å²) in [6.07, 6.45) is 5.07. The zero-order valence-electron chi connectivity index (χ0n) is 9.60. The van der Waals surface area contributed by atoms with Crippen molar-refractivity contribution in [2.24, 2.45) is 5.92 Å². The van der Waals surface area contributed by atoms with Crippen molar-refractivity contribution in [2.75, 3.05) is 0 Å². The Kier molecular flexibility index (Phi) is 6.94. The first-order valence-electron chi connectivity index (χ1n) is 5.68. The van der Waals surface area contributed by atoms with Gasteiger partial charge in [-0.1, -0.05) is 60.6 Å². The molecule has 0 spiro atoms. The van der Waals surface area contributed by atoms with Crippen LogP contribution < -0.4 is 0 Å². The predicted molar refractivity (Wildman–Crippen MR) is 82.0 cm³/mol. The molecule has 0 bridgehead atoms. The lowest BCUT2D eigenvalue weighted by Crippen LogP contribution is -2.05. The van der Waals surface area contributed by atoms with Crippen LogP contribution in [0, 0.1) is 5.92 Å². The Morgan fingerprint density at radius 2 is 2.12 bits per heavy atom. The monoisotopic (exact) mass is 386 g/mol. The smallest absolute Gasteiger partial charge is 0.0887 e. The molecule has 0 saturated carbocycles. The highest BCUT2D eigenvalue weighted by molar-refractivity contribution is 9.11. The third kappa shape index (κ3) is 4.01. The average Bonchev–Trinajstić information content (AvgIpc) is 2.60. The van der Waals surface area contributed by atoms with Crippen LogP contribution in [0.5, 0.6) is 0 Å². The minimum Gasteiger partial charge on any atom is -0.130 e. The summed E-state index contributed by atoms with van der Waals surface area (Å²) in [6.45, 7) is 4.51. The van der Waals surface area contributed by atoms with Gasteiger partial charge in [-0.15, -0.1) is 11.3 Å². The summed E-state index contributed by atoms with van der Waals surface area (Å²) in [7, 11) is 0. The summed E-state index contributed by atoms with van der Waals surface area (Å²) in [5.41, 5.74) is 0. The minimum atomic E-state index is 0.442. The van der Waals surface area contributed by atoms with Crippen LogP contribution in [0.15, 0.2) is 9.85 Å². The van der Waals surface area contributed by atoms with Gasteiger partial charge < -0.3 is 0 Å². The maximum Gasteiger partial charge on any atom is 0.0887 e. The van der Waals surface area contributed by atoms with Gasteiger partial charge in [-0.3, -0.25) is 0 Å². The Labute approximate surface area is 124 Å². The number of rotatable bonds is 6. The molecule has 0 aliphatic heterocycles. The topological polar surface area (TPSA) is 0 Å². The maximum absolute atomic E-state index is 6.07. The van der Waals surface area contributed by atoms with Crippen LogP contribution in [0.2, 0.25) is 5.02 Å². The maximum atomic E-state index is 6.07. The molecular formula is C12H17Br2ClS. The zero-order chi connectivity index (χ0) is 12.1. The van der Waals surface area contributed by atoms with Crippen LogP contribution in [0.4, 0.5) is 0 Å². The van der Waals surface area contributed by atoms with Crippen molar-refractivity contribution in [1.82, 2.24) is 0 Å². The van der Waals surface area contributed by atoms with Crippen molar-refractivity contribution in [3.63, 3.8) is 0 Å². The summed E-state index contributed by atoms with van der Waals surface area (Å²) >= 11 is 15.1. The van der Waals surface area contributed by atoms with Gasteiger partial charge in [0.1, 0.15) is 0 Å². The first kappa shape index (κ1) is 15.0. The van der Waals surface area contributed by atoms with Crippen LogP contribution in [0.1, 0.15) is 49.2 Å². The molecule has 0 aliphatic carbocycles. The molecular weight excluding hydrogens is 371 g/mol. The summed E-state index contributed by atoms with van der Waals surface area (Å²) in [6, 6.07) is 2.07. The quantitative estimate of drug-likeness (QED) is 0.469. The van der Waals surface area contributed by atoms with Gasteiger partial charge in [0.05, 0.1) is 13.6 Å². The normalized spacial score (nSPS) is 15.1. The highest BCUT2D eigenvalue weighted by Gasteiger charge is 2.21. The summed E-state index contributed by atoms with van der Waals surface area (Å²) in [5, 5.41) is 0.829. The van der Waals surface area contributed by atoms with Gasteiger partial charge in [0.2, 0.25) is 0 Å². The number of alkyl halides is 1. The Bertz CT molecular complexity index is 305. The molecule has 0 nitrogen and oxygen atoms in total. The summed E-state index contributed by atoms with van der Waals surface area (Å²) in [5.74, 6) is 0.710. The Morgan fingerprint density at radius 1 is 1.44 bits per heavy atom. The van der Waals surface area contributed by atoms with Crippen molar-refractivity contribution < 1.29 is 0 Å². The lowest BCUT2D eigenvalue weighted by Gasteiger charge is -2.19. The van der Waals surface area contributed by atoms with Gasteiger partial charge in [-0.05, 0) is 34.3 Å². The van der Waals surface area contributed by atoms with Gasteiger partial charge in [0, 0.05) is 4.88 Å². The van der Waals surface area contributed by atoms with Crippen molar-refractivity contribution in [3.05, 3.63) is 19.8 Å². The average molecular weight is 389 g/mol. The molecule has 1 aromatic rings. The van der Waals surface area contributed by atoms with E-state index in [1.807, 2.05) is 0 Å². The second kappa shape index (κ2) is 7.40. The van der Waals surface area contributed by atoms with Crippen LogP contribution in [0.3, 0.4) is 0 Å². The van der Waals surface area contributed by atoms with Gasteiger partial charge in [0.15, 0.2) is 0 Å². The SMILES string of the molecule is CCCCC(CC)C(Br)c1cc(Cl)c(Br)s1. The largest absolute Gasteiger partial charge is 0.130 e. The number of halogens is 3. The number of hydrogen-bond acceptors (Lipinski definition) is 1. The molecule has 1 aromatic heterocycles. The highest BCUT2D eigenvalue weighted by atomic mass is 79.9.